The largest absolute Gasteiger partial charge is 0.323 e. The predicted octanol–water partition coefficient (Wildman–Crippen LogP) is 5.88. The first-order valence-corrected chi connectivity index (χ1v) is 11.0. The lowest BCUT2D eigenvalue weighted by molar-refractivity contribution is -0.117. The molecule has 31 heavy (non-hydrogen) atoms. The van der Waals surface area contributed by atoms with E-state index >= 15 is 0 Å². The Labute approximate surface area is 187 Å². The third-order valence-corrected chi connectivity index (χ3v) is 6.47. The zero-order valence-electron chi connectivity index (χ0n) is 17.7. The number of hydrogen-bond donors (Lipinski definition) is 0. The van der Waals surface area contributed by atoms with Gasteiger partial charge in [-0.1, -0.05) is 59.6 Å². The first-order chi connectivity index (χ1) is 15.0. The van der Waals surface area contributed by atoms with Crippen LogP contribution in [-0.2, 0) is 11.3 Å². The summed E-state index contributed by atoms with van der Waals surface area (Å²) in [6.45, 7) is 5.40. The Bertz CT molecular complexity index is 1290. The van der Waals surface area contributed by atoms with Gasteiger partial charge < -0.3 is 9.47 Å². The highest BCUT2D eigenvalue weighted by Crippen LogP contribution is 2.35. The molecule has 1 aromatic heterocycles. The Hall–Kier alpha value is -3.11. The summed E-state index contributed by atoms with van der Waals surface area (Å²) in [6.07, 6.45) is 0.458. The minimum absolute atomic E-state index is 0.0306. The Morgan fingerprint density at radius 1 is 1.03 bits per heavy atom. The molecule has 1 saturated heterocycles. The lowest BCUT2D eigenvalue weighted by atomic mass is 10.1. The van der Waals surface area contributed by atoms with E-state index in [0.717, 1.165) is 38.7 Å². The number of anilines is 1. The SMILES string of the molecule is Cc1ccc(N2C[C@H](c3nc4ccccc4n3Cc3ccccc3Cl)CC2=O)c(C)c1. The summed E-state index contributed by atoms with van der Waals surface area (Å²) in [7, 11) is 0. The molecule has 0 N–H and O–H groups in total. The minimum Gasteiger partial charge on any atom is -0.323 e. The van der Waals surface area contributed by atoms with Gasteiger partial charge in [-0.3, -0.25) is 4.79 Å². The van der Waals surface area contributed by atoms with Gasteiger partial charge in [0.1, 0.15) is 5.82 Å². The first kappa shape index (κ1) is 19.8. The minimum atomic E-state index is 0.0306. The number of carbonyl (C=O) groups is 1. The standard InChI is InChI=1S/C26H24ClN3O/c1-17-11-12-23(18(2)13-17)29-16-20(14-25(29)31)26-28-22-9-5-6-10-24(22)30(26)15-19-7-3-4-8-21(19)27/h3-13,20H,14-16H2,1-2H3/t20-/m1/s1. The van der Waals surface area contributed by atoms with Crippen LogP contribution in [0.3, 0.4) is 0 Å². The number of rotatable bonds is 4. The van der Waals surface area contributed by atoms with Crippen LogP contribution in [0, 0.1) is 13.8 Å². The molecule has 4 aromatic rings. The van der Waals surface area contributed by atoms with Gasteiger partial charge >= 0.3 is 0 Å². The van der Waals surface area contributed by atoms with E-state index in [1.807, 2.05) is 47.4 Å². The topological polar surface area (TPSA) is 38.1 Å². The molecule has 156 valence electrons. The number of nitrogens with zero attached hydrogens (tertiary/aromatic N) is 3. The van der Waals surface area contributed by atoms with Gasteiger partial charge in [-0.05, 0) is 49.2 Å². The number of hydrogen-bond acceptors (Lipinski definition) is 2. The molecule has 0 bridgehead atoms. The second kappa shape index (κ2) is 7.86. The van der Waals surface area contributed by atoms with E-state index in [1.54, 1.807) is 0 Å². The molecule has 0 aliphatic carbocycles. The van der Waals surface area contributed by atoms with Crippen LogP contribution < -0.4 is 4.90 Å². The molecule has 1 fully saturated rings. The average molecular weight is 430 g/mol. The quantitative estimate of drug-likeness (QED) is 0.406. The highest BCUT2D eigenvalue weighted by Gasteiger charge is 2.35. The number of para-hydroxylation sites is 2. The van der Waals surface area contributed by atoms with Crippen molar-refractivity contribution in [1.82, 2.24) is 9.55 Å². The number of carbonyl (C=O) groups excluding carboxylic acids is 1. The van der Waals surface area contributed by atoms with Crippen molar-refractivity contribution >= 4 is 34.2 Å². The maximum atomic E-state index is 13.0. The summed E-state index contributed by atoms with van der Waals surface area (Å²) in [5.74, 6) is 1.12. The van der Waals surface area contributed by atoms with Crippen LogP contribution in [0.25, 0.3) is 11.0 Å². The number of aryl methyl sites for hydroxylation is 2. The molecule has 0 saturated carbocycles. The summed E-state index contributed by atoms with van der Waals surface area (Å²) in [4.78, 5) is 19.9. The molecular weight excluding hydrogens is 406 g/mol. The monoisotopic (exact) mass is 429 g/mol. The second-order valence-electron chi connectivity index (χ2n) is 8.33. The number of fused-ring (bicyclic) bond motifs is 1. The Balaban J connectivity index is 1.54. The Kier molecular flexibility index (Phi) is 5.03. The van der Waals surface area contributed by atoms with Gasteiger partial charge in [-0.25, -0.2) is 4.98 Å². The third kappa shape index (κ3) is 3.61. The molecule has 1 aliphatic heterocycles. The summed E-state index contributed by atoms with van der Waals surface area (Å²) >= 11 is 6.46. The molecule has 3 aromatic carbocycles. The second-order valence-corrected chi connectivity index (χ2v) is 8.74. The molecule has 1 atom stereocenters. The van der Waals surface area contributed by atoms with Crippen LogP contribution >= 0.6 is 11.6 Å². The zero-order chi connectivity index (χ0) is 21.5. The van der Waals surface area contributed by atoms with Crippen LogP contribution in [0.15, 0.2) is 66.7 Å². The zero-order valence-corrected chi connectivity index (χ0v) is 18.4. The van der Waals surface area contributed by atoms with E-state index in [2.05, 4.69) is 42.7 Å². The van der Waals surface area contributed by atoms with E-state index in [-0.39, 0.29) is 11.8 Å². The van der Waals surface area contributed by atoms with Crippen LogP contribution in [-0.4, -0.2) is 22.0 Å². The molecule has 0 unspecified atom stereocenters. The molecule has 2 heterocycles. The van der Waals surface area contributed by atoms with Crippen molar-refractivity contribution in [1.29, 1.82) is 0 Å². The molecular formula is C26H24ClN3O. The predicted molar refractivity (Wildman–Crippen MR) is 126 cm³/mol. The Morgan fingerprint density at radius 2 is 1.81 bits per heavy atom. The van der Waals surface area contributed by atoms with Crippen LogP contribution in [0.5, 0.6) is 0 Å². The first-order valence-electron chi connectivity index (χ1n) is 10.6. The number of imidazole rings is 1. The number of halogens is 1. The van der Waals surface area contributed by atoms with Gasteiger partial charge in [0, 0.05) is 29.6 Å². The van der Waals surface area contributed by atoms with Crippen LogP contribution in [0.2, 0.25) is 5.02 Å². The van der Waals surface area contributed by atoms with E-state index in [0.29, 0.717) is 19.5 Å². The molecule has 0 radical (unpaired) electrons. The van der Waals surface area contributed by atoms with Crippen molar-refractivity contribution in [3.63, 3.8) is 0 Å². The van der Waals surface area contributed by atoms with E-state index < -0.39 is 0 Å². The molecule has 0 spiro atoms. The molecule has 1 amide bonds. The fraction of sp³-hybridized carbons (Fsp3) is 0.231. The summed E-state index contributed by atoms with van der Waals surface area (Å²) in [6, 6.07) is 22.3. The van der Waals surface area contributed by atoms with Gasteiger partial charge in [-0.15, -0.1) is 0 Å². The average Bonchev–Trinajstić information content (AvgIpc) is 3.30. The van der Waals surface area contributed by atoms with Crippen molar-refractivity contribution in [2.24, 2.45) is 0 Å². The smallest absolute Gasteiger partial charge is 0.227 e. The van der Waals surface area contributed by atoms with E-state index in [1.165, 1.54) is 5.56 Å². The van der Waals surface area contributed by atoms with Crippen LogP contribution in [0.1, 0.15) is 34.9 Å². The fourth-order valence-electron chi connectivity index (χ4n) is 4.59. The van der Waals surface area contributed by atoms with Crippen molar-refractivity contribution in [3.05, 3.63) is 94.3 Å². The van der Waals surface area contributed by atoms with Crippen LogP contribution in [0.4, 0.5) is 5.69 Å². The fourth-order valence-corrected chi connectivity index (χ4v) is 4.79. The lowest BCUT2D eigenvalue weighted by Crippen LogP contribution is -2.25. The van der Waals surface area contributed by atoms with Gasteiger partial charge in [-0.2, -0.15) is 0 Å². The van der Waals surface area contributed by atoms with Gasteiger partial charge in [0.15, 0.2) is 0 Å². The molecule has 5 rings (SSSR count). The number of benzene rings is 3. The molecule has 1 aliphatic rings. The van der Waals surface area contributed by atoms with E-state index in [9.17, 15) is 4.79 Å². The van der Waals surface area contributed by atoms with Crippen molar-refractivity contribution in [2.45, 2.75) is 32.7 Å². The van der Waals surface area contributed by atoms with Crippen molar-refractivity contribution < 1.29 is 4.79 Å². The summed E-state index contributed by atoms with van der Waals surface area (Å²) in [5.41, 5.74) is 6.37. The summed E-state index contributed by atoms with van der Waals surface area (Å²) in [5, 5.41) is 0.741. The normalized spacial score (nSPS) is 16.4. The van der Waals surface area contributed by atoms with E-state index in [4.69, 9.17) is 16.6 Å². The van der Waals surface area contributed by atoms with Gasteiger partial charge in [0.2, 0.25) is 5.91 Å². The van der Waals surface area contributed by atoms with Gasteiger partial charge in [0.25, 0.3) is 0 Å². The number of amides is 1. The summed E-state index contributed by atoms with van der Waals surface area (Å²) < 4.78 is 2.22. The molecule has 5 heteroatoms. The third-order valence-electron chi connectivity index (χ3n) is 6.10. The maximum absolute atomic E-state index is 13.0. The highest BCUT2D eigenvalue weighted by molar-refractivity contribution is 6.31. The van der Waals surface area contributed by atoms with Gasteiger partial charge in [0.05, 0.1) is 17.6 Å². The number of aromatic nitrogens is 2. The Morgan fingerprint density at radius 3 is 2.61 bits per heavy atom. The van der Waals surface area contributed by atoms with Crippen molar-refractivity contribution in [3.8, 4) is 0 Å². The molecule has 4 nitrogen and oxygen atoms in total. The highest BCUT2D eigenvalue weighted by atomic mass is 35.5. The maximum Gasteiger partial charge on any atom is 0.227 e. The lowest BCUT2D eigenvalue weighted by Gasteiger charge is -2.20. The van der Waals surface area contributed by atoms with Crippen molar-refractivity contribution in [2.75, 3.05) is 11.4 Å².